The summed E-state index contributed by atoms with van der Waals surface area (Å²) in [5.74, 6) is 2.89. The number of ether oxygens (including phenoxy) is 2. The molecule has 0 spiro atoms. The first-order valence-corrected chi connectivity index (χ1v) is 11.0. The Bertz CT molecular complexity index is 701. The van der Waals surface area contributed by atoms with Crippen LogP contribution in [-0.2, 0) is 0 Å². The summed E-state index contributed by atoms with van der Waals surface area (Å²) in [5, 5.41) is 0. The predicted octanol–water partition coefficient (Wildman–Crippen LogP) is 3.38. The maximum Gasteiger partial charge on any atom is 0.673 e. The number of rotatable bonds is 6. The molecule has 0 saturated carbocycles. The van der Waals surface area contributed by atoms with Crippen LogP contribution in [0.4, 0.5) is 17.3 Å². The summed E-state index contributed by atoms with van der Waals surface area (Å²) in [7, 11) is -2.54. The van der Waals surface area contributed by atoms with E-state index in [1.54, 1.807) is 14.2 Å². The van der Waals surface area contributed by atoms with Crippen molar-refractivity contribution in [1.82, 2.24) is 0 Å². The zero-order valence-corrected chi connectivity index (χ0v) is 19.1. The van der Waals surface area contributed by atoms with Crippen molar-refractivity contribution in [3.05, 3.63) is 54.7 Å². The Morgan fingerprint density at radius 2 is 1.04 bits per heavy atom. The van der Waals surface area contributed by atoms with Crippen LogP contribution in [0.3, 0.4) is 0 Å². The molecule has 2 nitrogen and oxygen atoms in total. The molecule has 0 unspecified atom stereocenters. The highest BCUT2D eigenvalue weighted by molar-refractivity contribution is 6.50. The van der Waals surface area contributed by atoms with Crippen molar-refractivity contribution in [3.63, 3.8) is 0 Å². The Morgan fingerprint density at radius 1 is 0.714 bits per heavy atom. The van der Waals surface area contributed by atoms with Crippen molar-refractivity contribution < 1.29 is 47.9 Å². The largest absolute Gasteiger partial charge is 0.673 e. The predicted molar refractivity (Wildman–Crippen MR) is 102 cm³/mol. The molecule has 2 aromatic carbocycles. The van der Waals surface area contributed by atoms with Crippen LogP contribution in [0, 0.1) is 7.14 Å². The minimum atomic E-state index is -6.00. The van der Waals surface area contributed by atoms with Gasteiger partial charge in [-0.05, 0) is 48.2 Å². The number of halogens is 5. The fourth-order valence-corrected chi connectivity index (χ4v) is 5.99. The molecule has 0 N–H and O–H groups in total. The first-order valence-electron chi connectivity index (χ1n) is 8.84. The molecule has 0 atom stereocenters. The van der Waals surface area contributed by atoms with E-state index >= 15 is 0 Å². The van der Waals surface area contributed by atoms with Gasteiger partial charge in [-0.3, -0.25) is 0 Å². The van der Waals surface area contributed by atoms with Crippen LogP contribution in [0.15, 0.2) is 36.4 Å². The zero-order valence-electron chi connectivity index (χ0n) is 16.9. The van der Waals surface area contributed by atoms with Crippen LogP contribution in [0.25, 0.3) is 0 Å². The minimum Gasteiger partial charge on any atom is -0.497 e. The van der Waals surface area contributed by atoms with Crippen LogP contribution in [0.5, 0.6) is 11.5 Å². The smallest absolute Gasteiger partial charge is 0.497 e. The Labute approximate surface area is 175 Å². The Hall–Kier alpha value is -1.45. The third-order valence-electron chi connectivity index (χ3n) is 3.85. The fraction of sp³-hybridized carbons (Fsp3) is 0.400. The van der Waals surface area contributed by atoms with Gasteiger partial charge in [0.15, 0.2) is 7.14 Å². The maximum atomic E-state index is 9.75. The van der Waals surface area contributed by atoms with Crippen molar-refractivity contribution in [3.8, 4) is 11.5 Å². The summed E-state index contributed by atoms with van der Waals surface area (Å²) in [6.07, 6.45) is 0. The maximum absolute atomic E-state index is 9.75. The Kier molecular flexibility index (Phi) is 9.60. The summed E-state index contributed by atoms with van der Waals surface area (Å²) >= 11 is -0.229. The molecule has 0 aromatic heterocycles. The molecular weight excluding hydrogens is 486 g/mol. The molecule has 0 fully saturated rings. The van der Waals surface area contributed by atoms with E-state index in [-0.39, 0.29) is 21.2 Å². The number of benzene rings is 2. The van der Waals surface area contributed by atoms with Gasteiger partial charge in [-0.15, -0.1) is 0 Å². The van der Waals surface area contributed by atoms with Gasteiger partial charge in [0.1, 0.15) is 11.5 Å². The molecule has 2 aromatic rings. The van der Waals surface area contributed by atoms with Gasteiger partial charge in [0.2, 0.25) is 0 Å². The third-order valence-corrected chi connectivity index (χ3v) is 6.98. The molecule has 0 bridgehead atoms. The molecule has 28 heavy (non-hydrogen) atoms. The zero-order chi connectivity index (χ0) is 21.5. The lowest BCUT2D eigenvalue weighted by molar-refractivity contribution is -0.599. The average Bonchev–Trinajstić information content (AvgIpc) is 2.60. The van der Waals surface area contributed by atoms with E-state index in [2.05, 4.69) is 64.1 Å². The quantitative estimate of drug-likeness (QED) is 0.336. The number of hydrogen-bond acceptors (Lipinski definition) is 2. The lowest BCUT2D eigenvalue weighted by atomic mass is 10.0. The second-order valence-corrected chi connectivity index (χ2v) is 9.54. The van der Waals surface area contributed by atoms with Gasteiger partial charge in [-0.1, -0.05) is 27.7 Å². The van der Waals surface area contributed by atoms with Crippen molar-refractivity contribution in [2.24, 2.45) is 0 Å². The first kappa shape index (κ1) is 24.6. The SMILES string of the molecule is COc1ccc([I+]c2ccc(OC)cc2C(C)C)c(C(C)C)c1.F[B-](F)(F)F. The molecule has 0 saturated heterocycles. The molecule has 0 aliphatic heterocycles. The fourth-order valence-electron chi connectivity index (χ4n) is 2.46. The highest BCUT2D eigenvalue weighted by Gasteiger charge is 2.26. The molecule has 0 amide bonds. The van der Waals surface area contributed by atoms with E-state index in [1.165, 1.54) is 18.3 Å². The Morgan fingerprint density at radius 3 is 1.29 bits per heavy atom. The first-order chi connectivity index (χ1) is 13.0. The van der Waals surface area contributed by atoms with Crippen LogP contribution in [-0.4, -0.2) is 21.5 Å². The van der Waals surface area contributed by atoms with E-state index in [0.29, 0.717) is 11.8 Å². The lowest BCUT2D eigenvalue weighted by Crippen LogP contribution is -3.62. The van der Waals surface area contributed by atoms with Crippen LogP contribution in [0.2, 0.25) is 0 Å². The van der Waals surface area contributed by atoms with Gasteiger partial charge in [0.25, 0.3) is 0 Å². The van der Waals surface area contributed by atoms with E-state index < -0.39 is 7.25 Å². The van der Waals surface area contributed by atoms with Gasteiger partial charge in [0.05, 0.1) is 14.2 Å². The van der Waals surface area contributed by atoms with Crippen molar-refractivity contribution in [2.75, 3.05) is 14.2 Å². The highest BCUT2D eigenvalue weighted by Crippen LogP contribution is 2.22. The summed E-state index contributed by atoms with van der Waals surface area (Å²) in [5.41, 5.74) is 2.81. The van der Waals surface area contributed by atoms with Crippen LogP contribution < -0.4 is 30.7 Å². The van der Waals surface area contributed by atoms with E-state index in [1.807, 2.05) is 0 Å². The van der Waals surface area contributed by atoms with Crippen molar-refractivity contribution in [2.45, 2.75) is 39.5 Å². The van der Waals surface area contributed by atoms with Gasteiger partial charge in [-0.2, -0.15) is 0 Å². The monoisotopic (exact) mass is 512 g/mol. The third kappa shape index (κ3) is 8.28. The highest BCUT2D eigenvalue weighted by atomic mass is 127. The van der Waals surface area contributed by atoms with Crippen LogP contribution >= 0.6 is 0 Å². The van der Waals surface area contributed by atoms with E-state index in [4.69, 9.17) is 9.47 Å². The van der Waals surface area contributed by atoms with Crippen molar-refractivity contribution in [1.29, 1.82) is 0 Å². The summed E-state index contributed by atoms with van der Waals surface area (Å²) in [6, 6.07) is 13.0. The standard InChI is InChI=1S/C20H26IO2.BF4/c1-13(2)17-11-15(22-5)7-9-19(17)21-20-10-8-16(23-6)12-18(20)14(3)4;2-1(3,4)5/h7-14H,1-6H3;/q+1;-1. The molecule has 2 rings (SSSR count). The molecule has 8 heteroatoms. The van der Waals surface area contributed by atoms with Gasteiger partial charge >= 0.3 is 28.5 Å². The normalized spacial score (nSPS) is 11.3. The summed E-state index contributed by atoms with van der Waals surface area (Å²) in [4.78, 5) is 0. The number of methoxy groups -OCH3 is 2. The summed E-state index contributed by atoms with van der Waals surface area (Å²) in [6.45, 7) is 9.00. The second-order valence-electron chi connectivity index (χ2n) is 6.67. The van der Waals surface area contributed by atoms with E-state index in [9.17, 15) is 17.3 Å². The number of hydrogen-bond donors (Lipinski definition) is 0. The summed E-state index contributed by atoms with van der Waals surface area (Å²) < 4.78 is 52.8. The van der Waals surface area contributed by atoms with Gasteiger partial charge in [-0.25, -0.2) is 0 Å². The van der Waals surface area contributed by atoms with Crippen LogP contribution in [0.1, 0.15) is 50.7 Å². The molecule has 0 heterocycles. The van der Waals surface area contributed by atoms with Gasteiger partial charge < -0.3 is 26.7 Å². The minimum absolute atomic E-state index is 0.229. The Balaban J connectivity index is 0.000000696. The lowest BCUT2D eigenvalue weighted by Gasteiger charge is -2.10. The van der Waals surface area contributed by atoms with E-state index in [0.717, 1.165) is 11.5 Å². The molecule has 156 valence electrons. The van der Waals surface area contributed by atoms with Crippen molar-refractivity contribution >= 4 is 7.25 Å². The molecular formula is C20H26BF4IO2. The average molecular weight is 512 g/mol. The molecule has 0 radical (unpaired) electrons. The second kappa shape index (κ2) is 10.9. The van der Waals surface area contributed by atoms with Gasteiger partial charge in [0, 0.05) is 11.1 Å². The molecule has 0 aliphatic carbocycles. The molecule has 0 aliphatic rings. The topological polar surface area (TPSA) is 18.5 Å².